The molecule has 0 aromatic carbocycles. The summed E-state index contributed by atoms with van der Waals surface area (Å²) in [5, 5.41) is 0. The van der Waals surface area contributed by atoms with Crippen LogP contribution in [0.3, 0.4) is 0 Å². The van der Waals surface area contributed by atoms with Gasteiger partial charge in [0.1, 0.15) is 5.82 Å². The zero-order valence-electron chi connectivity index (χ0n) is 11.0. The highest BCUT2D eigenvalue weighted by Gasteiger charge is 2.22. The van der Waals surface area contributed by atoms with Crippen molar-refractivity contribution in [3.8, 4) is 0 Å². The maximum atomic E-state index is 4.42. The van der Waals surface area contributed by atoms with Crippen molar-refractivity contribution in [2.45, 2.75) is 32.2 Å². The van der Waals surface area contributed by atoms with Crippen LogP contribution in [0.25, 0.3) is 0 Å². The highest BCUT2D eigenvalue weighted by atomic mass is 15.2. The fraction of sp³-hybridized carbons (Fsp3) is 0.643. The van der Waals surface area contributed by atoms with Crippen molar-refractivity contribution >= 4 is 5.82 Å². The third kappa shape index (κ3) is 3.19. The summed E-state index contributed by atoms with van der Waals surface area (Å²) in [6.45, 7) is 5.97. The maximum Gasteiger partial charge on any atom is 0.128 e. The van der Waals surface area contributed by atoms with Crippen molar-refractivity contribution < 1.29 is 0 Å². The molecular formula is C14H23N3. The van der Waals surface area contributed by atoms with Gasteiger partial charge in [-0.25, -0.2) is 4.98 Å². The molecule has 0 unspecified atom stereocenters. The number of aromatic nitrogens is 1. The molecule has 17 heavy (non-hydrogen) atoms. The highest BCUT2D eigenvalue weighted by Crippen LogP contribution is 2.19. The second-order valence-electron chi connectivity index (χ2n) is 4.87. The minimum Gasteiger partial charge on any atom is -0.357 e. The van der Waals surface area contributed by atoms with Gasteiger partial charge in [-0.05, 0) is 37.9 Å². The van der Waals surface area contributed by atoms with Crippen LogP contribution < -0.4 is 4.90 Å². The highest BCUT2D eigenvalue weighted by molar-refractivity contribution is 5.37. The first-order valence-corrected chi connectivity index (χ1v) is 6.67. The molecule has 0 N–H and O–H groups in total. The van der Waals surface area contributed by atoms with Gasteiger partial charge in [0.25, 0.3) is 0 Å². The maximum absolute atomic E-state index is 4.42. The Hall–Kier alpha value is -1.09. The smallest absolute Gasteiger partial charge is 0.128 e. The summed E-state index contributed by atoms with van der Waals surface area (Å²) < 4.78 is 0. The van der Waals surface area contributed by atoms with E-state index >= 15 is 0 Å². The molecule has 0 bridgehead atoms. The van der Waals surface area contributed by atoms with Crippen molar-refractivity contribution in [3.05, 3.63) is 24.4 Å². The van der Waals surface area contributed by atoms with E-state index in [1.807, 2.05) is 12.3 Å². The number of pyridine rings is 1. The third-order valence-electron chi connectivity index (χ3n) is 3.66. The first-order chi connectivity index (χ1) is 8.31. The molecule has 0 aliphatic carbocycles. The quantitative estimate of drug-likeness (QED) is 0.796. The molecule has 1 aromatic rings. The molecule has 94 valence electrons. The van der Waals surface area contributed by atoms with Gasteiger partial charge in [0.15, 0.2) is 0 Å². The Bertz CT molecular complexity index is 317. The molecule has 3 heteroatoms. The first-order valence-electron chi connectivity index (χ1n) is 6.67. The van der Waals surface area contributed by atoms with E-state index < -0.39 is 0 Å². The number of piperidine rings is 1. The molecule has 3 nitrogen and oxygen atoms in total. The van der Waals surface area contributed by atoms with Crippen molar-refractivity contribution in [1.82, 2.24) is 9.88 Å². The Morgan fingerprint density at radius 2 is 2.12 bits per heavy atom. The predicted molar refractivity (Wildman–Crippen MR) is 72.4 cm³/mol. The Morgan fingerprint density at radius 3 is 2.71 bits per heavy atom. The molecule has 1 aromatic heterocycles. The lowest BCUT2D eigenvalue weighted by molar-refractivity contribution is 0.211. The van der Waals surface area contributed by atoms with Gasteiger partial charge >= 0.3 is 0 Å². The second-order valence-corrected chi connectivity index (χ2v) is 4.87. The van der Waals surface area contributed by atoms with E-state index in [1.54, 1.807) is 0 Å². The first kappa shape index (κ1) is 12.4. The summed E-state index contributed by atoms with van der Waals surface area (Å²) in [6, 6.07) is 6.78. The molecule has 0 atom stereocenters. The minimum absolute atomic E-state index is 0.651. The van der Waals surface area contributed by atoms with Crippen LogP contribution in [0.5, 0.6) is 0 Å². The fourth-order valence-corrected chi connectivity index (χ4v) is 2.60. The average molecular weight is 233 g/mol. The van der Waals surface area contributed by atoms with E-state index in [2.05, 4.69) is 40.9 Å². The third-order valence-corrected chi connectivity index (χ3v) is 3.66. The normalized spacial score (nSPS) is 18.2. The summed E-state index contributed by atoms with van der Waals surface area (Å²) in [5.74, 6) is 1.10. The van der Waals surface area contributed by atoms with E-state index in [-0.39, 0.29) is 0 Å². The molecule has 0 amide bonds. The predicted octanol–water partition coefficient (Wildman–Crippen LogP) is 2.39. The number of likely N-dealkylation sites (tertiary alicyclic amines) is 1. The van der Waals surface area contributed by atoms with Crippen molar-refractivity contribution in [3.63, 3.8) is 0 Å². The largest absolute Gasteiger partial charge is 0.357 e. The summed E-state index contributed by atoms with van der Waals surface area (Å²) in [7, 11) is 2.17. The monoisotopic (exact) mass is 233 g/mol. The van der Waals surface area contributed by atoms with Gasteiger partial charge in [-0.15, -0.1) is 0 Å². The van der Waals surface area contributed by atoms with Crippen LogP contribution in [-0.2, 0) is 0 Å². The average Bonchev–Trinajstić information content (AvgIpc) is 2.40. The standard InChI is InChI=1S/C14H23N3/c1-3-10-17-11-7-13(8-12-17)16(2)14-6-4-5-9-15-14/h4-6,9,13H,3,7-8,10-12H2,1-2H3. The van der Waals surface area contributed by atoms with Crippen LogP contribution in [0.15, 0.2) is 24.4 Å². The molecule has 0 saturated carbocycles. The SMILES string of the molecule is CCCN1CCC(N(C)c2ccccn2)CC1. The molecule has 1 aliphatic rings. The molecule has 1 fully saturated rings. The Balaban J connectivity index is 1.88. The Kier molecular flexibility index (Phi) is 4.37. The van der Waals surface area contributed by atoms with Crippen LogP contribution in [0.4, 0.5) is 5.82 Å². The van der Waals surface area contributed by atoms with Crippen molar-refractivity contribution in [1.29, 1.82) is 0 Å². The van der Waals surface area contributed by atoms with Gasteiger partial charge in [0.05, 0.1) is 0 Å². The van der Waals surface area contributed by atoms with Gasteiger partial charge < -0.3 is 9.80 Å². The van der Waals surface area contributed by atoms with Crippen LogP contribution in [-0.4, -0.2) is 42.6 Å². The summed E-state index contributed by atoms with van der Waals surface area (Å²) in [6.07, 6.45) is 5.65. The second kappa shape index (κ2) is 6.01. The number of anilines is 1. The van der Waals surface area contributed by atoms with Gasteiger partial charge in [0.2, 0.25) is 0 Å². The van der Waals surface area contributed by atoms with Crippen molar-refractivity contribution in [2.24, 2.45) is 0 Å². The van der Waals surface area contributed by atoms with Crippen LogP contribution in [0.2, 0.25) is 0 Å². The minimum atomic E-state index is 0.651. The molecule has 1 aliphatic heterocycles. The molecule has 1 saturated heterocycles. The lowest BCUT2D eigenvalue weighted by Gasteiger charge is -2.37. The number of rotatable bonds is 4. The topological polar surface area (TPSA) is 19.4 Å². The Morgan fingerprint density at radius 1 is 1.35 bits per heavy atom. The molecule has 0 radical (unpaired) electrons. The van der Waals surface area contributed by atoms with Gasteiger partial charge in [-0.2, -0.15) is 0 Å². The van der Waals surface area contributed by atoms with Crippen LogP contribution in [0.1, 0.15) is 26.2 Å². The van der Waals surface area contributed by atoms with E-state index in [0.717, 1.165) is 5.82 Å². The van der Waals surface area contributed by atoms with Crippen LogP contribution >= 0.6 is 0 Å². The lowest BCUT2D eigenvalue weighted by Crippen LogP contribution is -2.43. The van der Waals surface area contributed by atoms with Gasteiger partial charge in [-0.1, -0.05) is 13.0 Å². The van der Waals surface area contributed by atoms with E-state index in [1.165, 1.54) is 38.9 Å². The summed E-state index contributed by atoms with van der Waals surface area (Å²) in [5.41, 5.74) is 0. The molecular weight excluding hydrogens is 210 g/mol. The van der Waals surface area contributed by atoms with Crippen molar-refractivity contribution in [2.75, 3.05) is 31.6 Å². The number of hydrogen-bond donors (Lipinski definition) is 0. The van der Waals surface area contributed by atoms with E-state index in [0.29, 0.717) is 6.04 Å². The lowest BCUT2D eigenvalue weighted by atomic mass is 10.0. The zero-order chi connectivity index (χ0) is 12.1. The molecule has 0 spiro atoms. The van der Waals surface area contributed by atoms with E-state index in [9.17, 15) is 0 Å². The summed E-state index contributed by atoms with van der Waals surface area (Å²) >= 11 is 0. The molecule has 2 rings (SSSR count). The number of nitrogens with zero attached hydrogens (tertiary/aromatic N) is 3. The number of hydrogen-bond acceptors (Lipinski definition) is 3. The molecule has 2 heterocycles. The Labute approximate surface area is 104 Å². The summed E-state index contributed by atoms with van der Waals surface area (Å²) in [4.78, 5) is 9.33. The van der Waals surface area contributed by atoms with Gasteiger partial charge in [0, 0.05) is 32.4 Å². The fourth-order valence-electron chi connectivity index (χ4n) is 2.60. The van der Waals surface area contributed by atoms with Crippen LogP contribution in [0, 0.1) is 0 Å². The van der Waals surface area contributed by atoms with E-state index in [4.69, 9.17) is 0 Å². The van der Waals surface area contributed by atoms with Gasteiger partial charge in [-0.3, -0.25) is 0 Å². The zero-order valence-corrected chi connectivity index (χ0v) is 11.0.